The summed E-state index contributed by atoms with van der Waals surface area (Å²) in [5, 5.41) is 9.81. The highest BCUT2D eigenvalue weighted by atomic mass is 35.5. The van der Waals surface area contributed by atoms with Crippen LogP contribution in [0, 0.1) is 23.7 Å². The van der Waals surface area contributed by atoms with Crippen LogP contribution in [0.1, 0.15) is 43.7 Å². The van der Waals surface area contributed by atoms with Gasteiger partial charge in [0.1, 0.15) is 11.7 Å². The molecule has 3 N–H and O–H groups in total. The topological polar surface area (TPSA) is 73.5 Å². The molecule has 3 unspecified atom stereocenters. The minimum atomic E-state index is -0.581. The predicted octanol–water partition coefficient (Wildman–Crippen LogP) is 3.04. The van der Waals surface area contributed by atoms with Crippen LogP contribution in [0.5, 0.6) is 0 Å². The molecule has 0 radical (unpaired) electrons. The van der Waals surface area contributed by atoms with Gasteiger partial charge in [0.15, 0.2) is 0 Å². The largest absolute Gasteiger partial charge is 0.371 e. The van der Waals surface area contributed by atoms with Crippen molar-refractivity contribution < 1.29 is 9.59 Å². The molecule has 1 heterocycles. The van der Waals surface area contributed by atoms with Crippen molar-refractivity contribution in [1.82, 2.24) is 20.9 Å². The Kier molecular flexibility index (Phi) is 7.65. The molecule has 0 bridgehead atoms. The van der Waals surface area contributed by atoms with Crippen LogP contribution in [-0.4, -0.2) is 42.9 Å². The highest BCUT2D eigenvalue weighted by Gasteiger charge is 2.37. The Morgan fingerprint density at radius 1 is 1.21 bits per heavy atom. The highest BCUT2D eigenvalue weighted by molar-refractivity contribution is 6.30. The predicted molar refractivity (Wildman–Crippen MR) is 134 cm³/mol. The maximum Gasteiger partial charge on any atom is 0.268 e. The van der Waals surface area contributed by atoms with Crippen LogP contribution >= 0.6 is 11.6 Å². The van der Waals surface area contributed by atoms with Crippen molar-refractivity contribution in [3.05, 3.63) is 57.8 Å². The number of benzene rings is 1. The van der Waals surface area contributed by atoms with Crippen LogP contribution in [0.15, 0.2) is 46.6 Å². The van der Waals surface area contributed by atoms with Crippen molar-refractivity contribution in [1.29, 1.82) is 0 Å². The fraction of sp³-hybridized carbons (Fsp3) is 0.481. The molecule has 7 heteroatoms. The molecular weight excluding hydrogens is 448 g/mol. The van der Waals surface area contributed by atoms with Crippen LogP contribution in [0.25, 0.3) is 0 Å². The van der Waals surface area contributed by atoms with Gasteiger partial charge in [0.25, 0.3) is 5.91 Å². The van der Waals surface area contributed by atoms with Crippen molar-refractivity contribution in [2.24, 2.45) is 11.8 Å². The fourth-order valence-electron chi connectivity index (χ4n) is 4.46. The lowest BCUT2D eigenvalue weighted by molar-refractivity contribution is -0.127. The van der Waals surface area contributed by atoms with Gasteiger partial charge in [-0.05, 0) is 56.5 Å². The molecule has 1 aromatic rings. The second-order valence-electron chi connectivity index (χ2n) is 9.79. The molecule has 1 saturated carbocycles. The molecule has 6 nitrogen and oxygen atoms in total. The number of rotatable bonds is 10. The normalized spacial score (nSPS) is 21.7. The maximum atomic E-state index is 13.2. The molecule has 3 atom stereocenters. The average Bonchev–Trinajstić information content (AvgIpc) is 3.57. The van der Waals surface area contributed by atoms with Crippen LogP contribution in [0.4, 0.5) is 0 Å². The van der Waals surface area contributed by atoms with E-state index in [4.69, 9.17) is 11.6 Å². The average molecular weight is 481 g/mol. The summed E-state index contributed by atoms with van der Waals surface area (Å²) in [7, 11) is 4.07. The van der Waals surface area contributed by atoms with Gasteiger partial charge in [-0.2, -0.15) is 0 Å². The summed E-state index contributed by atoms with van der Waals surface area (Å²) >= 11 is 6.31. The zero-order chi connectivity index (χ0) is 24.2. The Balaban J connectivity index is 1.37. The summed E-state index contributed by atoms with van der Waals surface area (Å²) in [6.45, 7) is 3.20. The minimum absolute atomic E-state index is 0.118. The lowest BCUT2D eigenvalue weighted by Gasteiger charge is -2.20. The number of hydrogen-bond acceptors (Lipinski definition) is 4. The third kappa shape index (κ3) is 6.02. The van der Waals surface area contributed by atoms with E-state index in [1.165, 1.54) is 18.4 Å². The molecule has 1 aromatic carbocycles. The molecule has 34 heavy (non-hydrogen) atoms. The van der Waals surface area contributed by atoms with Gasteiger partial charge in [-0.25, -0.2) is 0 Å². The summed E-state index contributed by atoms with van der Waals surface area (Å²) in [6.07, 6.45) is 5.65. The van der Waals surface area contributed by atoms with Gasteiger partial charge in [0.2, 0.25) is 5.91 Å². The lowest BCUT2D eigenvalue weighted by Crippen LogP contribution is -2.48. The van der Waals surface area contributed by atoms with E-state index in [2.05, 4.69) is 44.8 Å². The smallest absolute Gasteiger partial charge is 0.268 e. The molecular formula is C27H33ClN4O2. The Morgan fingerprint density at radius 2 is 1.91 bits per heavy atom. The summed E-state index contributed by atoms with van der Waals surface area (Å²) in [6, 6.07) is 7.45. The Labute approximate surface area is 207 Å². The molecule has 3 aliphatic rings. The quantitative estimate of drug-likeness (QED) is 0.450. The SMILES string of the molecule is CC1=C(C(=O)NC(CCC2CC2)C(=O)NCc2ccc(CN(C)C)cc2)NC2C(Cl)=CC#CC12. The first-order valence-corrected chi connectivity index (χ1v) is 12.3. The van der Waals surface area contributed by atoms with E-state index >= 15 is 0 Å². The monoisotopic (exact) mass is 480 g/mol. The highest BCUT2D eigenvalue weighted by Crippen LogP contribution is 2.34. The lowest BCUT2D eigenvalue weighted by atomic mass is 9.93. The van der Waals surface area contributed by atoms with Crippen molar-refractivity contribution in [2.45, 2.75) is 57.8 Å². The van der Waals surface area contributed by atoms with E-state index < -0.39 is 6.04 Å². The number of carbonyl (C=O) groups excluding carboxylic acids is 2. The third-order valence-corrected chi connectivity index (χ3v) is 6.98. The van der Waals surface area contributed by atoms with Crippen LogP contribution < -0.4 is 16.0 Å². The standard InChI is InChI=1S/C27H33ClN4O2/c1-17-21-5-4-6-22(28)25(21)31-24(17)27(34)30-23(14-13-18-7-8-18)26(33)29-15-19-9-11-20(12-10-19)16-32(2)3/h6,9-12,18,21,23,25,31H,7-8,13-16H2,1-3H3,(H,29,33)(H,30,34). The van der Waals surface area contributed by atoms with Crippen molar-refractivity contribution in [3.63, 3.8) is 0 Å². The van der Waals surface area contributed by atoms with Crippen molar-refractivity contribution >= 4 is 23.4 Å². The van der Waals surface area contributed by atoms with E-state index in [0.29, 0.717) is 29.6 Å². The molecule has 2 aliphatic carbocycles. The van der Waals surface area contributed by atoms with E-state index in [0.717, 1.165) is 24.1 Å². The number of nitrogens with zero attached hydrogens (tertiary/aromatic N) is 1. The fourth-order valence-corrected chi connectivity index (χ4v) is 4.70. The maximum absolute atomic E-state index is 13.2. The number of carbonyl (C=O) groups is 2. The molecule has 4 rings (SSSR count). The van der Waals surface area contributed by atoms with Gasteiger partial charge < -0.3 is 20.9 Å². The molecule has 180 valence electrons. The van der Waals surface area contributed by atoms with E-state index in [9.17, 15) is 9.59 Å². The Bertz CT molecular complexity index is 1060. The molecule has 2 amide bonds. The first kappa shape index (κ1) is 24.4. The van der Waals surface area contributed by atoms with Crippen molar-refractivity contribution in [3.8, 4) is 11.8 Å². The van der Waals surface area contributed by atoms with Crippen LogP contribution in [0.3, 0.4) is 0 Å². The number of hydrogen-bond donors (Lipinski definition) is 3. The Morgan fingerprint density at radius 3 is 2.56 bits per heavy atom. The number of allylic oxidation sites excluding steroid dienone is 1. The van der Waals surface area contributed by atoms with Crippen LogP contribution in [0.2, 0.25) is 0 Å². The summed E-state index contributed by atoms with van der Waals surface area (Å²) in [4.78, 5) is 28.3. The molecule has 1 fully saturated rings. The van der Waals surface area contributed by atoms with Crippen molar-refractivity contribution in [2.75, 3.05) is 14.1 Å². The van der Waals surface area contributed by atoms with Gasteiger partial charge in [-0.15, -0.1) is 0 Å². The van der Waals surface area contributed by atoms with Gasteiger partial charge >= 0.3 is 0 Å². The second kappa shape index (κ2) is 10.7. The van der Waals surface area contributed by atoms with Crippen LogP contribution in [-0.2, 0) is 22.7 Å². The summed E-state index contributed by atoms with van der Waals surface area (Å²) in [5.41, 5.74) is 3.59. The zero-order valence-corrected chi connectivity index (χ0v) is 20.8. The first-order valence-electron chi connectivity index (χ1n) is 12.0. The second-order valence-corrected chi connectivity index (χ2v) is 10.2. The molecule has 0 saturated heterocycles. The molecule has 1 aliphatic heterocycles. The third-order valence-electron chi connectivity index (χ3n) is 6.64. The van der Waals surface area contributed by atoms with Gasteiger partial charge in [0, 0.05) is 19.2 Å². The first-order chi connectivity index (χ1) is 16.3. The Hall–Kier alpha value is -2.75. The number of halogens is 1. The van der Waals surface area contributed by atoms with E-state index in [-0.39, 0.29) is 23.8 Å². The number of nitrogens with one attached hydrogen (secondary N) is 3. The number of fused-ring (bicyclic) bond motifs is 1. The van der Waals surface area contributed by atoms with Gasteiger partial charge in [0.05, 0.1) is 17.0 Å². The molecule has 0 aromatic heterocycles. The zero-order valence-electron chi connectivity index (χ0n) is 20.1. The van der Waals surface area contributed by atoms with E-state index in [1.807, 2.05) is 33.2 Å². The number of amides is 2. The van der Waals surface area contributed by atoms with E-state index in [1.54, 1.807) is 6.08 Å². The summed E-state index contributed by atoms with van der Waals surface area (Å²) < 4.78 is 0. The van der Waals surface area contributed by atoms with Gasteiger partial charge in [-0.1, -0.05) is 60.5 Å². The summed E-state index contributed by atoms with van der Waals surface area (Å²) in [5.74, 6) is 6.17. The van der Waals surface area contributed by atoms with Gasteiger partial charge in [-0.3, -0.25) is 9.59 Å². The molecule has 0 spiro atoms. The minimum Gasteiger partial charge on any atom is -0.371 e.